The third-order valence-corrected chi connectivity index (χ3v) is 3.25. The van der Waals surface area contributed by atoms with Crippen molar-refractivity contribution in [2.45, 2.75) is 45.5 Å². The molecule has 0 spiro atoms. The van der Waals surface area contributed by atoms with Crippen molar-refractivity contribution in [2.24, 2.45) is 0 Å². The first kappa shape index (κ1) is 14.9. The molecule has 4 heteroatoms. The summed E-state index contributed by atoms with van der Waals surface area (Å²) in [5.74, 6) is 0. The van der Waals surface area contributed by atoms with Gasteiger partial charge in [-0.05, 0) is 26.7 Å². The van der Waals surface area contributed by atoms with Crippen LogP contribution in [-0.4, -0.2) is 57.3 Å². The van der Waals surface area contributed by atoms with Gasteiger partial charge < -0.3 is 19.1 Å². The van der Waals surface area contributed by atoms with Crippen LogP contribution in [0.4, 0.5) is 0 Å². The Kier molecular flexibility index (Phi) is 7.77. The van der Waals surface area contributed by atoms with Crippen LogP contribution in [0.1, 0.15) is 33.1 Å². The van der Waals surface area contributed by atoms with Gasteiger partial charge in [0, 0.05) is 46.4 Å². The van der Waals surface area contributed by atoms with Crippen molar-refractivity contribution in [3.05, 3.63) is 0 Å². The lowest BCUT2D eigenvalue weighted by Crippen LogP contribution is -2.38. The van der Waals surface area contributed by atoms with Gasteiger partial charge in [-0.2, -0.15) is 0 Å². The number of likely N-dealkylation sites (tertiary alicyclic amines) is 1. The van der Waals surface area contributed by atoms with E-state index in [1.165, 1.54) is 0 Å². The quantitative estimate of drug-likeness (QED) is 0.611. The first-order valence-corrected chi connectivity index (χ1v) is 6.78. The van der Waals surface area contributed by atoms with Crippen LogP contribution in [-0.2, 0) is 14.2 Å². The number of hydrogen-bond acceptors (Lipinski definition) is 4. The second-order valence-electron chi connectivity index (χ2n) is 4.41. The van der Waals surface area contributed by atoms with Gasteiger partial charge in [0.05, 0.1) is 6.10 Å². The van der Waals surface area contributed by atoms with Crippen molar-refractivity contribution in [3.63, 3.8) is 0 Å². The Balaban J connectivity index is 2.16. The maximum Gasteiger partial charge on any atom is 0.158 e. The van der Waals surface area contributed by atoms with E-state index in [1.54, 1.807) is 7.11 Å². The average Bonchev–Trinajstić information content (AvgIpc) is 2.37. The summed E-state index contributed by atoms with van der Waals surface area (Å²) < 4.78 is 16.5. The Morgan fingerprint density at radius 3 is 2.18 bits per heavy atom. The van der Waals surface area contributed by atoms with E-state index in [-0.39, 0.29) is 6.29 Å². The highest BCUT2D eigenvalue weighted by molar-refractivity contribution is 4.72. The Morgan fingerprint density at radius 1 is 1.12 bits per heavy atom. The van der Waals surface area contributed by atoms with Crippen molar-refractivity contribution in [3.8, 4) is 0 Å². The molecule has 0 aliphatic carbocycles. The summed E-state index contributed by atoms with van der Waals surface area (Å²) in [5.41, 5.74) is 0. The first-order valence-electron chi connectivity index (χ1n) is 6.78. The molecule has 0 N–H and O–H groups in total. The summed E-state index contributed by atoms with van der Waals surface area (Å²) in [6, 6.07) is 0. The Morgan fingerprint density at radius 2 is 1.71 bits per heavy atom. The van der Waals surface area contributed by atoms with Gasteiger partial charge in [0.1, 0.15) is 0 Å². The predicted octanol–water partition coefficient (Wildman–Crippen LogP) is 1.89. The Labute approximate surface area is 105 Å². The molecule has 1 saturated heterocycles. The molecule has 4 nitrogen and oxygen atoms in total. The zero-order valence-electron chi connectivity index (χ0n) is 11.5. The van der Waals surface area contributed by atoms with E-state index in [1.807, 2.05) is 13.8 Å². The molecule has 0 atom stereocenters. The minimum absolute atomic E-state index is 0.0369. The Hall–Kier alpha value is -0.160. The summed E-state index contributed by atoms with van der Waals surface area (Å²) >= 11 is 0. The maximum absolute atomic E-state index is 5.54. The molecule has 1 rings (SSSR count). The van der Waals surface area contributed by atoms with Crippen molar-refractivity contribution in [1.29, 1.82) is 0 Å². The van der Waals surface area contributed by atoms with Gasteiger partial charge in [-0.3, -0.25) is 0 Å². The van der Waals surface area contributed by atoms with E-state index in [9.17, 15) is 0 Å². The van der Waals surface area contributed by atoms with E-state index < -0.39 is 0 Å². The number of hydrogen-bond donors (Lipinski definition) is 0. The second-order valence-corrected chi connectivity index (χ2v) is 4.41. The summed E-state index contributed by atoms with van der Waals surface area (Å²) in [6.07, 6.45) is 3.67. The molecule has 102 valence electrons. The largest absolute Gasteiger partial charge is 0.381 e. The lowest BCUT2D eigenvalue weighted by molar-refractivity contribution is -0.142. The molecule has 1 aliphatic rings. The topological polar surface area (TPSA) is 30.9 Å². The number of methoxy groups -OCH3 is 1. The molecule has 0 amide bonds. The van der Waals surface area contributed by atoms with E-state index >= 15 is 0 Å². The normalized spacial score (nSPS) is 19.1. The van der Waals surface area contributed by atoms with Gasteiger partial charge in [-0.15, -0.1) is 0 Å². The van der Waals surface area contributed by atoms with Crippen LogP contribution < -0.4 is 0 Å². The predicted molar refractivity (Wildman–Crippen MR) is 68.1 cm³/mol. The molecule has 1 aliphatic heterocycles. The van der Waals surface area contributed by atoms with Crippen LogP contribution in [0.2, 0.25) is 0 Å². The van der Waals surface area contributed by atoms with Gasteiger partial charge in [0.15, 0.2) is 6.29 Å². The number of piperidine rings is 1. The summed E-state index contributed by atoms with van der Waals surface area (Å²) in [4.78, 5) is 2.47. The highest BCUT2D eigenvalue weighted by atomic mass is 16.7. The second kappa shape index (κ2) is 8.86. The standard InChI is InChI=1S/C13H27NO3/c1-4-16-13(17-5-2)8-11-14-9-6-12(15-3)7-10-14/h12-13H,4-11H2,1-3H3. The molecule has 17 heavy (non-hydrogen) atoms. The van der Waals surface area contributed by atoms with E-state index in [0.717, 1.165) is 52.1 Å². The van der Waals surface area contributed by atoms with E-state index in [2.05, 4.69) is 4.90 Å². The van der Waals surface area contributed by atoms with E-state index in [0.29, 0.717) is 6.10 Å². The molecule has 0 aromatic rings. The molecule has 0 unspecified atom stereocenters. The van der Waals surface area contributed by atoms with Crippen LogP contribution in [0.25, 0.3) is 0 Å². The summed E-state index contributed by atoms with van der Waals surface area (Å²) in [5, 5.41) is 0. The fourth-order valence-electron chi connectivity index (χ4n) is 2.24. The highest BCUT2D eigenvalue weighted by Gasteiger charge is 2.19. The van der Waals surface area contributed by atoms with Crippen LogP contribution in [0.5, 0.6) is 0 Å². The zero-order valence-corrected chi connectivity index (χ0v) is 11.5. The number of ether oxygens (including phenoxy) is 3. The molecule has 0 saturated carbocycles. The third-order valence-electron chi connectivity index (χ3n) is 3.25. The molecule has 1 fully saturated rings. The first-order chi connectivity index (χ1) is 8.30. The fourth-order valence-corrected chi connectivity index (χ4v) is 2.24. The summed E-state index contributed by atoms with van der Waals surface area (Å²) in [7, 11) is 1.81. The lowest BCUT2D eigenvalue weighted by atomic mass is 10.1. The van der Waals surface area contributed by atoms with Crippen LogP contribution in [0, 0.1) is 0 Å². The van der Waals surface area contributed by atoms with Crippen molar-refractivity contribution < 1.29 is 14.2 Å². The molecular formula is C13H27NO3. The molecule has 0 aromatic carbocycles. The van der Waals surface area contributed by atoms with Crippen molar-refractivity contribution in [2.75, 3.05) is 40.0 Å². The highest BCUT2D eigenvalue weighted by Crippen LogP contribution is 2.14. The number of nitrogens with zero attached hydrogens (tertiary/aromatic N) is 1. The molecule has 0 bridgehead atoms. The zero-order chi connectivity index (χ0) is 12.5. The van der Waals surface area contributed by atoms with Crippen LogP contribution >= 0.6 is 0 Å². The van der Waals surface area contributed by atoms with Crippen molar-refractivity contribution in [1.82, 2.24) is 4.90 Å². The van der Waals surface area contributed by atoms with Gasteiger partial charge in [-0.1, -0.05) is 0 Å². The minimum atomic E-state index is -0.0369. The van der Waals surface area contributed by atoms with Gasteiger partial charge in [0.25, 0.3) is 0 Å². The average molecular weight is 245 g/mol. The van der Waals surface area contributed by atoms with E-state index in [4.69, 9.17) is 14.2 Å². The minimum Gasteiger partial charge on any atom is -0.381 e. The summed E-state index contributed by atoms with van der Waals surface area (Å²) in [6.45, 7) is 8.77. The van der Waals surface area contributed by atoms with Crippen LogP contribution in [0.15, 0.2) is 0 Å². The molecule has 0 radical (unpaired) electrons. The van der Waals surface area contributed by atoms with Gasteiger partial charge in [0.2, 0.25) is 0 Å². The van der Waals surface area contributed by atoms with Crippen molar-refractivity contribution >= 4 is 0 Å². The van der Waals surface area contributed by atoms with Crippen LogP contribution in [0.3, 0.4) is 0 Å². The molecule has 0 aromatic heterocycles. The molecule has 1 heterocycles. The van der Waals surface area contributed by atoms with Gasteiger partial charge >= 0.3 is 0 Å². The fraction of sp³-hybridized carbons (Fsp3) is 1.00. The SMILES string of the molecule is CCOC(CCN1CCC(OC)CC1)OCC. The maximum atomic E-state index is 5.54. The van der Waals surface area contributed by atoms with Gasteiger partial charge in [-0.25, -0.2) is 0 Å². The Bertz CT molecular complexity index is 176. The lowest BCUT2D eigenvalue weighted by Gasteiger charge is -2.32. The third kappa shape index (κ3) is 5.82. The smallest absolute Gasteiger partial charge is 0.158 e. The molecular weight excluding hydrogens is 218 g/mol. The number of rotatable bonds is 8. The monoisotopic (exact) mass is 245 g/mol.